The van der Waals surface area contributed by atoms with Crippen LogP contribution in [0.15, 0.2) is 36.7 Å². The van der Waals surface area contributed by atoms with Crippen molar-refractivity contribution in [1.29, 1.82) is 0 Å². The molecule has 194 valence electrons. The molecule has 0 radical (unpaired) electrons. The van der Waals surface area contributed by atoms with Crippen LogP contribution in [0.5, 0.6) is 11.6 Å². The zero-order chi connectivity index (χ0) is 28.3. The summed E-state index contributed by atoms with van der Waals surface area (Å²) in [5, 5.41) is 30.6. The molecule has 0 amide bonds. The predicted molar refractivity (Wildman–Crippen MR) is 137 cm³/mol. The van der Waals surface area contributed by atoms with E-state index >= 15 is 4.39 Å². The number of alkyl halides is 1. The molecule has 1 aliphatic carbocycles. The van der Waals surface area contributed by atoms with Gasteiger partial charge in [0.2, 0.25) is 5.88 Å². The first-order valence-corrected chi connectivity index (χ1v) is 12.7. The lowest BCUT2D eigenvalue weighted by Crippen LogP contribution is -2.73. The third kappa shape index (κ3) is 4.37. The zero-order valence-corrected chi connectivity index (χ0v) is 20.9. The molecule has 37 heavy (non-hydrogen) atoms. The number of methoxy groups -OCH3 is 1. The maximum absolute atomic E-state index is 16.0. The highest BCUT2D eigenvalue weighted by Crippen LogP contribution is 2.46. The molecular formula is C27H32FN7O2. The smallest absolute Gasteiger partial charge is 0.233 e. The Morgan fingerprint density at radius 2 is 2.00 bits per heavy atom. The quantitative estimate of drug-likeness (QED) is 0.509. The molecule has 6 rings (SSSR count). The molecule has 3 fully saturated rings. The maximum Gasteiger partial charge on any atom is 0.233 e. The second kappa shape index (κ2) is 8.86. The van der Waals surface area contributed by atoms with E-state index < -0.39 is 18.7 Å². The number of phenolic OH excluding ortho intramolecular Hbond substituents is 1. The van der Waals surface area contributed by atoms with Crippen LogP contribution in [0.3, 0.4) is 0 Å². The fraction of sp³-hybridized carbons (Fsp3) is 0.519. The number of aromatic hydroxyl groups is 1. The van der Waals surface area contributed by atoms with Crippen molar-refractivity contribution in [2.24, 2.45) is 0 Å². The van der Waals surface area contributed by atoms with Crippen molar-refractivity contribution in [3.8, 4) is 34.1 Å². The molecule has 4 atom stereocenters. The average Bonchev–Trinajstić information content (AvgIpc) is 3.72. The number of anilines is 1. The summed E-state index contributed by atoms with van der Waals surface area (Å²) < 4.78 is 42.6. The lowest BCUT2D eigenvalue weighted by atomic mass is 9.68. The molecule has 9 nitrogen and oxygen atoms in total. The van der Waals surface area contributed by atoms with Gasteiger partial charge < -0.3 is 20.1 Å². The fourth-order valence-corrected chi connectivity index (χ4v) is 6.20. The molecule has 1 saturated carbocycles. The zero-order valence-electron chi connectivity index (χ0n) is 23.9. The molecule has 3 aliphatic rings. The standard InChI is InChI=1S/C27H32FN7O2/c1-26-9-4-10-27(2,34-26)24(28)20(13-26)35(18-6-7-18)22-15-29-25(33-31-22)19-8-5-16(11-21(19)36)17-12-23(37-3)32-30-14-17/h5,8,11-12,14-15,18,20,24,34,36H,4,6-7,9-10,13H2,1-3H3/t20-,24-,26-,27+/m1/s1/i3D3. The second-order valence-corrected chi connectivity index (χ2v) is 11.0. The summed E-state index contributed by atoms with van der Waals surface area (Å²) in [7, 11) is -2.65. The topological polar surface area (TPSA) is 109 Å². The molecule has 10 heteroatoms. The first kappa shape index (κ1) is 20.6. The predicted octanol–water partition coefficient (Wildman–Crippen LogP) is 4.08. The minimum atomic E-state index is -2.65. The van der Waals surface area contributed by atoms with Crippen LogP contribution in [0, 0.1) is 0 Å². The second-order valence-electron chi connectivity index (χ2n) is 11.0. The van der Waals surface area contributed by atoms with Gasteiger partial charge in [-0.2, -0.15) is 5.10 Å². The third-order valence-corrected chi connectivity index (χ3v) is 8.04. The molecule has 2 aliphatic heterocycles. The molecule has 3 aromatic rings. The molecule has 2 saturated heterocycles. The molecule has 0 spiro atoms. The molecule has 2 bridgehead atoms. The van der Waals surface area contributed by atoms with Crippen LogP contribution in [-0.2, 0) is 0 Å². The highest BCUT2D eigenvalue weighted by atomic mass is 19.1. The van der Waals surface area contributed by atoms with Crippen LogP contribution in [0.2, 0.25) is 0 Å². The lowest BCUT2D eigenvalue weighted by Gasteiger charge is -2.57. The highest BCUT2D eigenvalue weighted by Gasteiger charge is 2.55. The summed E-state index contributed by atoms with van der Waals surface area (Å²) in [6.45, 7) is 4.19. The number of ether oxygens (including phenoxy) is 1. The number of benzene rings is 1. The van der Waals surface area contributed by atoms with Gasteiger partial charge in [-0.05, 0) is 70.1 Å². The van der Waals surface area contributed by atoms with E-state index in [0.29, 0.717) is 28.9 Å². The van der Waals surface area contributed by atoms with E-state index in [4.69, 9.17) is 8.85 Å². The van der Waals surface area contributed by atoms with Gasteiger partial charge in [0, 0.05) is 28.7 Å². The number of hydrogen-bond donors (Lipinski definition) is 2. The third-order valence-electron chi connectivity index (χ3n) is 8.04. The van der Waals surface area contributed by atoms with Crippen LogP contribution >= 0.6 is 0 Å². The van der Waals surface area contributed by atoms with Crippen molar-refractivity contribution in [3.63, 3.8) is 0 Å². The number of phenols is 1. The molecule has 0 unspecified atom stereocenters. The Morgan fingerprint density at radius 1 is 1.14 bits per heavy atom. The van der Waals surface area contributed by atoms with E-state index in [9.17, 15) is 5.11 Å². The number of nitrogens with zero attached hydrogens (tertiary/aromatic N) is 6. The van der Waals surface area contributed by atoms with E-state index in [2.05, 4.69) is 42.5 Å². The van der Waals surface area contributed by atoms with E-state index in [1.807, 2.05) is 6.92 Å². The van der Waals surface area contributed by atoms with Crippen molar-refractivity contribution >= 4 is 5.82 Å². The van der Waals surface area contributed by atoms with Crippen molar-refractivity contribution in [1.82, 2.24) is 30.7 Å². The Balaban J connectivity index is 1.25. The number of hydrogen-bond acceptors (Lipinski definition) is 9. The molecule has 4 heterocycles. The van der Waals surface area contributed by atoms with Crippen LogP contribution in [0.4, 0.5) is 10.2 Å². The SMILES string of the molecule is [2H]C([2H])([2H])Oc1cc(-c2ccc(-c3ncc(N(C4CC4)[C@@H]4C[C@@]5(C)CCC[C@](C)(N5)[C@@H]4F)nn3)c(O)c2)cnn1. The number of rotatable bonds is 6. The first-order valence-electron chi connectivity index (χ1n) is 14.2. The maximum atomic E-state index is 16.0. The number of aromatic nitrogens is 5. The highest BCUT2D eigenvalue weighted by molar-refractivity contribution is 5.72. The minimum absolute atomic E-state index is 0.0861. The monoisotopic (exact) mass is 508 g/mol. The van der Waals surface area contributed by atoms with Gasteiger partial charge in [0.25, 0.3) is 0 Å². The van der Waals surface area contributed by atoms with E-state index in [-0.39, 0.29) is 35.1 Å². The summed E-state index contributed by atoms with van der Waals surface area (Å²) in [6.07, 6.45) is 7.51. The fourth-order valence-electron chi connectivity index (χ4n) is 6.20. The van der Waals surface area contributed by atoms with E-state index in [0.717, 1.165) is 32.1 Å². The number of nitrogens with one attached hydrogen (secondary N) is 1. The molecule has 2 aromatic heterocycles. The number of halogens is 1. The van der Waals surface area contributed by atoms with Crippen LogP contribution in [-0.4, -0.2) is 66.9 Å². The van der Waals surface area contributed by atoms with E-state index in [1.165, 1.54) is 18.3 Å². The van der Waals surface area contributed by atoms with Crippen molar-refractivity contribution in [2.45, 2.75) is 81.7 Å². The van der Waals surface area contributed by atoms with Gasteiger partial charge in [0.15, 0.2) is 11.6 Å². The van der Waals surface area contributed by atoms with Gasteiger partial charge in [0.05, 0.1) is 35.1 Å². The van der Waals surface area contributed by atoms with Crippen molar-refractivity contribution < 1.29 is 18.3 Å². The van der Waals surface area contributed by atoms with Crippen molar-refractivity contribution in [2.75, 3.05) is 11.9 Å². The van der Waals surface area contributed by atoms with Gasteiger partial charge in [-0.3, -0.25) is 0 Å². The number of fused-ring (bicyclic) bond motifs is 2. The van der Waals surface area contributed by atoms with Gasteiger partial charge in [0.1, 0.15) is 11.9 Å². The van der Waals surface area contributed by atoms with E-state index in [1.54, 1.807) is 18.3 Å². The summed E-state index contributed by atoms with van der Waals surface area (Å²) in [4.78, 5) is 6.60. The normalized spacial score (nSPS) is 30.6. The molecule has 2 N–H and O–H groups in total. The van der Waals surface area contributed by atoms with Crippen LogP contribution in [0.25, 0.3) is 22.5 Å². The van der Waals surface area contributed by atoms with Crippen molar-refractivity contribution in [3.05, 3.63) is 36.7 Å². The van der Waals surface area contributed by atoms with Gasteiger partial charge >= 0.3 is 0 Å². The summed E-state index contributed by atoms with van der Waals surface area (Å²) in [5.41, 5.74) is 0.776. The van der Waals surface area contributed by atoms with Gasteiger partial charge in [-0.15, -0.1) is 15.3 Å². The van der Waals surface area contributed by atoms with Crippen LogP contribution in [0.1, 0.15) is 56.5 Å². The van der Waals surface area contributed by atoms with Gasteiger partial charge in [-0.1, -0.05) is 6.07 Å². The van der Waals surface area contributed by atoms with Crippen LogP contribution < -0.4 is 15.0 Å². The Kier molecular flexibility index (Phi) is 4.94. The van der Waals surface area contributed by atoms with Gasteiger partial charge in [-0.25, -0.2) is 9.37 Å². The Bertz CT molecular complexity index is 1410. The Hall–Kier alpha value is -3.40. The molecule has 1 aromatic carbocycles. The largest absolute Gasteiger partial charge is 0.507 e. The Morgan fingerprint density at radius 3 is 2.73 bits per heavy atom. The Labute approximate surface area is 219 Å². The minimum Gasteiger partial charge on any atom is -0.507 e. The summed E-state index contributed by atoms with van der Waals surface area (Å²) in [5.74, 6) is 0.546. The average molecular weight is 509 g/mol. The summed E-state index contributed by atoms with van der Waals surface area (Å²) >= 11 is 0. The molecular weight excluding hydrogens is 473 g/mol. The number of piperidine rings is 2. The first-order chi connectivity index (χ1) is 18.9. The lowest BCUT2D eigenvalue weighted by molar-refractivity contribution is 0.000258. The summed E-state index contributed by atoms with van der Waals surface area (Å²) in [6, 6.07) is 6.21.